The molecule has 0 radical (unpaired) electrons. The fourth-order valence-corrected chi connectivity index (χ4v) is 3.32. The van der Waals surface area contributed by atoms with E-state index in [4.69, 9.17) is 19.0 Å². The van der Waals surface area contributed by atoms with Crippen LogP contribution in [-0.2, 0) is 9.59 Å². The van der Waals surface area contributed by atoms with Crippen molar-refractivity contribution in [1.82, 2.24) is 10.3 Å². The number of amides is 3. The Morgan fingerprint density at radius 1 is 1.06 bits per heavy atom. The highest BCUT2D eigenvalue weighted by molar-refractivity contribution is 6.39. The summed E-state index contributed by atoms with van der Waals surface area (Å²) in [6.45, 7) is 5.54. The molecule has 0 saturated carbocycles. The zero-order valence-corrected chi connectivity index (χ0v) is 20.4. The van der Waals surface area contributed by atoms with Crippen molar-refractivity contribution in [3.63, 3.8) is 0 Å². The van der Waals surface area contributed by atoms with Gasteiger partial charge in [0.25, 0.3) is 0 Å². The van der Waals surface area contributed by atoms with Gasteiger partial charge in [0.2, 0.25) is 0 Å². The molecule has 0 atom stereocenters. The van der Waals surface area contributed by atoms with E-state index in [2.05, 4.69) is 20.9 Å². The van der Waals surface area contributed by atoms with E-state index in [-0.39, 0.29) is 6.61 Å². The number of hydrogen-bond donors (Lipinski definition) is 4. The molecule has 0 saturated heterocycles. The summed E-state index contributed by atoms with van der Waals surface area (Å²) in [6, 6.07) is 9.97. The molecule has 2 aromatic carbocycles. The van der Waals surface area contributed by atoms with E-state index in [0.717, 1.165) is 5.56 Å². The molecular weight excluding hydrogens is 468 g/mol. The normalized spacial score (nSPS) is 10.9. The number of rotatable bonds is 9. The summed E-state index contributed by atoms with van der Waals surface area (Å²) >= 11 is 0. The van der Waals surface area contributed by atoms with Gasteiger partial charge in [0, 0.05) is 23.7 Å². The summed E-state index contributed by atoms with van der Waals surface area (Å²) < 4.78 is 16.4. The highest BCUT2D eigenvalue weighted by Crippen LogP contribution is 2.32. The van der Waals surface area contributed by atoms with Crippen molar-refractivity contribution in [3.05, 3.63) is 54.6 Å². The number of carbonyl (C=O) groups is 3. The summed E-state index contributed by atoms with van der Waals surface area (Å²) in [6.07, 6.45) is 1.99. The van der Waals surface area contributed by atoms with Crippen LogP contribution in [0, 0.1) is 6.92 Å². The quantitative estimate of drug-likeness (QED) is 0.324. The first kappa shape index (κ1) is 26.1. The van der Waals surface area contributed by atoms with Crippen LogP contribution >= 0.6 is 0 Å². The number of hydrogen-bond acceptors (Lipinski definition) is 7. The number of ether oxygens (including phenoxy) is 2. The largest absolute Gasteiger partial charge is 0.496 e. The third-order valence-corrected chi connectivity index (χ3v) is 5.18. The number of nitrogens with one attached hydrogen (secondary N) is 3. The second-order valence-corrected chi connectivity index (χ2v) is 8.60. The van der Waals surface area contributed by atoms with E-state index in [0.29, 0.717) is 40.6 Å². The lowest BCUT2D eigenvalue weighted by atomic mass is 10.0. The van der Waals surface area contributed by atoms with Gasteiger partial charge in [-0.25, -0.2) is 9.78 Å². The van der Waals surface area contributed by atoms with Gasteiger partial charge in [-0.05, 0) is 50.6 Å². The van der Waals surface area contributed by atoms with Crippen LogP contribution in [0.1, 0.15) is 25.8 Å². The minimum Gasteiger partial charge on any atom is -0.496 e. The average Bonchev–Trinajstić information content (AvgIpc) is 3.34. The predicted molar refractivity (Wildman–Crippen MR) is 132 cm³/mol. The fourth-order valence-electron chi connectivity index (χ4n) is 3.32. The Balaban J connectivity index is 1.57. The molecule has 0 aliphatic carbocycles. The zero-order chi connectivity index (χ0) is 26.3. The SMILES string of the molecule is COc1cc(NC(=O)C(=O)NC(C)(C)CCOc2cc(C)ccc2NC(=O)O)ccc1-c1cnco1. The molecule has 11 heteroatoms. The Kier molecular flexibility index (Phi) is 8.15. The van der Waals surface area contributed by atoms with Crippen LogP contribution in [0.15, 0.2) is 53.4 Å². The number of nitrogens with zero attached hydrogens (tertiary/aromatic N) is 1. The maximum Gasteiger partial charge on any atom is 0.409 e. The lowest BCUT2D eigenvalue weighted by Gasteiger charge is -2.26. The molecule has 3 rings (SSSR count). The van der Waals surface area contributed by atoms with Crippen LogP contribution in [0.4, 0.5) is 16.2 Å². The van der Waals surface area contributed by atoms with Gasteiger partial charge in [-0.3, -0.25) is 14.9 Å². The number of methoxy groups -OCH3 is 1. The van der Waals surface area contributed by atoms with Gasteiger partial charge in [-0.15, -0.1) is 0 Å². The Morgan fingerprint density at radius 3 is 2.50 bits per heavy atom. The van der Waals surface area contributed by atoms with E-state index in [1.165, 1.54) is 19.7 Å². The Bertz CT molecular complexity index is 1240. The standard InChI is InChI=1S/C25H28N4O7/c1-15-5-8-18(28-24(32)33)20(11-15)35-10-9-25(2,3)29-23(31)22(30)27-16-6-7-17(19(12-16)34-4)21-13-26-14-36-21/h5-8,11-14,28H,9-10H2,1-4H3,(H,27,30)(H,29,31)(H,32,33). The first-order valence-electron chi connectivity index (χ1n) is 11.0. The van der Waals surface area contributed by atoms with Gasteiger partial charge in [-0.2, -0.15) is 0 Å². The van der Waals surface area contributed by atoms with Gasteiger partial charge in [0.1, 0.15) is 11.5 Å². The highest BCUT2D eigenvalue weighted by atomic mass is 16.5. The van der Waals surface area contributed by atoms with E-state index >= 15 is 0 Å². The Hall–Kier alpha value is -4.54. The smallest absolute Gasteiger partial charge is 0.409 e. The monoisotopic (exact) mass is 496 g/mol. The third-order valence-electron chi connectivity index (χ3n) is 5.18. The van der Waals surface area contributed by atoms with Gasteiger partial charge >= 0.3 is 17.9 Å². The molecule has 3 aromatic rings. The first-order valence-corrected chi connectivity index (χ1v) is 11.0. The van der Waals surface area contributed by atoms with Crippen LogP contribution in [0.2, 0.25) is 0 Å². The molecule has 190 valence electrons. The van der Waals surface area contributed by atoms with Gasteiger partial charge < -0.3 is 29.6 Å². The molecule has 1 aromatic heterocycles. The molecule has 0 spiro atoms. The van der Waals surface area contributed by atoms with Gasteiger partial charge in [-0.1, -0.05) is 6.07 Å². The molecule has 3 amide bonds. The van der Waals surface area contributed by atoms with Crippen LogP contribution in [0.25, 0.3) is 11.3 Å². The van der Waals surface area contributed by atoms with E-state index in [9.17, 15) is 14.4 Å². The molecule has 0 aliphatic rings. The number of carbonyl (C=O) groups excluding carboxylic acids is 2. The average molecular weight is 497 g/mol. The van der Waals surface area contributed by atoms with Crippen molar-refractivity contribution in [1.29, 1.82) is 0 Å². The Morgan fingerprint density at radius 2 is 1.83 bits per heavy atom. The summed E-state index contributed by atoms with van der Waals surface area (Å²) in [4.78, 5) is 39.9. The van der Waals surface area contributed by atoms with E-state index in [1.54, 1.807) is 50.2 Å². The number of benzene rings is 2. The number of aromatic nitrogens is 1. The summed E-state index contributed by atoms with van der Waals surface area (Å²) in [5.41, 5.74) is 1.45. The number of carboxylic acid groups (broad SMARTS) is 1. The number of aryl methyl sites for hydroxylation is 1. The molecule has 36 heavy (non-hydrogen) atoms. The van der Waals surface area contributed by atoms with Crippen LogP contribution < -0.4 is 25.4 Å². The lowest BCUT2D eigenvalue weighted by molar-refractivity contribution is -0.137. The molecule has 0 fully saturated rings. The molecule has 0 aliphatic heterocycles. The van der Waals surface area contributed by atoms with Crippen molar-refractivity contribution in [2.45, 2.75) is 32.7 Å². The minimum atomic E-state index is -1.20. The summed E-state index contributed by atoms with van der Waals surface area (Å²) in [5.74, 6) is -0.342. The zero-order valence-electron chi connectivity index (χ0n) is 20.4. The van der Waals surface area contributed by atoms with Crippen molar-refractivity contribution in [2.75, 3.05) is 24.4 Å². The topological polar surface area (TPSA) is 152 Å². The molecule has 0 unspecified atom stereocenters. The van der Waals surface area contributed by atoms with E-state index < -0.39 is 23.4 Å². The van der Waals surface area contributed by atoms with Crippen LogP contribution in [0.5, 0.6) is 11.5 Å². The molecule has 1 heterocycles. The lowest BCUT2D eigenvalue weighted by Crippen LogP contribution is -2.48. The molecule has 11 nitrogen and oxygen atoms in total. The van der Waals surface area contributed by atoms with Crippen molar-refractivity contribution in [3.8, 4) is 22.8 Å². The minimum absolute atomic E-state index is 0.174. The second-order valence-electron chi connectivity index (χ2n) is 8.60. The summed E-state index contributed by atoms with van der Waals surface area (Å²) in [5, 5.41) is 16.5. The molecular formula is C25H28N4O7. The first-order chi connectivity index (χ1) is 17.1. The summed E-state index contributed by atoms with van der Waals surface area (Å²) in [7, 11) is 1.48. The highest BCUT2D eigenvalue weighted by Gasteiger charge is 2.25. The number of anilines is 2. The maximum atomic E-state index is 12.5. The number of oxazole rings is 1. The van der Waals surface area contributed by atoms with Crippen LogP contribution in [-0.4, -0.2) is 47.3 Å². The van der Waals surface area contributed by atoms with Crippen molar-refractivity contribution in [2.24, 2.45) is 0 Å². The van der Waals surface area contributed by atoms with Gasteiger partial charge in [0.05, 0.1) is 31.2 Å². The van der Waals surface area contributed by atoms with E-state index in [1.807, 2.05) is 6.92 Å². The third kappa shape index (κ3) is 6.98. The predicted octanol–water partition coefficient (Wildman–Crippen LogP) is 4.05. The fraction of sp³-hybridized carbons (Fsp3) is 0.280. The Labute approximate surface area is 207 Å². The van der Waals surface area contributed by atoms with Crippen molar-refractivity contribution >= 4 is 29.3 Å². The molecule has 0 bridgehead atoms. The van der Waals surface area contributed by atoms with Crippen LogP contribution in [0.3, 0.4) is 0 Å². The maximum absolute atomic E-state index is 12.5. The van der Waals surface area contributed by atoms with Gasteiger partial charge in [0.15, 0.2) is 12.2 Å². The molecule has 4 N–H and O–H groups in total. The second kappa shape index (κ2) is 11.3. The van der Waals surface area contributed by atoms with Crippen molar-refractivity contribution < 1.29 is 33.4 Å².